The first-order valence-corrected chi connectivity index (χ1v) is 11.1. The number of nitrogens with zero attached hydrogens (tertiary/aromatic N) is 2. The van der Waals surface area contributed by atoms with Crippen molar-refractivity contribution in [1.82, 2.24) is 4.98 Å². The van der Waals surface area contributed by atoms with Crippen molar-refractivity contribution in [2.75, 3.05) is 25.1 Å². The van der Waals surface area contributed by atoms with Gasteiger partial charge in [-0.25, -0.2) is 4.89 Å². The SMILES string of the molecule is CO[C@@]12OOC3(C=C1C[C@@H]1C=C[C@H]2C1)CCN(c1ccnc2cc(Cl)ccc12)CC3. The predicted octanol–water partition coefficient (Wildman–Crippen LogP) is 5.05. The van der Waals surface area contributed by atoms with Crippen molar-refractivity contribution in [3.8, 4) is 0 Å². The molecule has 2 aromatic rings. The summed E-state index contributed by atoms with van der Waals surface area (Å²) in [5.74, 6) is 0.0882. The Morgan fingerprint density at radius 1 is 1.17 bits per heavy atom. The normalized spacial score (nSPS) is 31.8. The summed E-state index contributed by atoms with van der Waals surface area (Å²) in [6, 6.07) is 8.00. The summed E-state index contributed by atoms with van der Waals surface area (Å²) in [4.78, 5) is 19.1. The number of fused-ring (bicyclic) bond motifs is 5. The third-order valence-electron chi connectivity index (χ3n) is 7.29. The summed E-state index contributed by atoms with van der Waals surface area (Å²) in [5.41, 5.74) is 2.99. The molecule has 3 atom stereocenters. The van der Waals surface area contributed by atoms with Gasteiger partial charge in [-0.05, 0) is 54.7 Å². The summed E-state index contributed by atoms with van der Waals surface area (Å²) < 4.78 is 5.90. The van der Waals surface area contributed by atoms with Crippen LogP contribution >= 0.6 is 11.6 Å². The van der Waals surface area contributed by atoms with Crippen molar-refractivity contribution in [1.29, 1.82) is 0 Å². The fourth-order valence-electron chi connectivity index (χ4n) is 5.68. The predicted molar refractivity (Wildman–Crippen MR) is 116 cm³/mol. The van der Waals surface area contributed by atoms with E-state index < -0.39 is 5.79 Å². The van der Waals surface area contributed by atoms with E-state index >= 15 is 0 Å². The lowest BCUT2D eigenvalue weighted by Crippen LogP contribution is -2.55. The Hall–Kier alpha value is -1.92. The van der Waals surface area contributed by atoms with Crippen LogP contribution in [0, 0.1) is 11.8 Å². The van der Waals surface area contributed by atoms with Gasteiger partial charge in [0, 0.05) is 61.3 Å². The second kappa shape index (κ2) is 6.79. The van der Waals surface area contributed by atoms with Crippen molar-refractivity contribution in [3.63, 3.8) is 0 Å². The van der Waals surface area contributed by atoms with Gasteiger partial charge in [0.15, 0.2) is 0 Å². The van der Waals surface area contributed by atoms with Crippen molar-refractivity contribution >= 4 is 28.2 Å². The zero-order valence-electron chi connectivity index (χ0n) is 17.0. The van der Waals surface area contributed by atoms with Gasteiger partial charge in [-0.2, -0.15) is 4.89 Å². The molecule has 0 amide bonds. The number of piperidine rings is 1. The van der Waals surface area contributed by atoms with E-state index in [-0.39, 0.29) is 11.5 Å². The Balaban J connectivity index is 1.27. The smallest absolute Gasteiger partial charge is 0.229 e. The molecule has 1 spiro atoms. The highest BCUT2D eigenvalue weighted by Crippen LogP contribution is 2.53. The maximum atomic E-state index is 6.15. The maximum Gasteiger partial charge on any atom is 0.229 e. The molecule has 2 aliphatic carbocycles. The lowest BCUT2D eigenvalue weighted by Gasteiger charge is -2.50. The van der Waals surface area contributed by atoms with Crippen LogP contribution in [0.15, 0.2) is 54.3 Å². The largest absolute Gasteiger partial charge is 0.371 e. The van der Waals surface area contributed by atoms with E-state index in [4.69, 9.17) is 26.1 Å². The Labute approximate surface area is 181 Å². The van der Waals surface area contributed by atoms with Crippen molar-refractivity contribution in [3.05, 3.63) is 59.3 Å². The molecule has 5 nitrogen and oxygen atoms in total. The fraction of sp³-hybridized carbons (Fsp3) is 0.458. The third kappa shape index (κ3) is 2.76. The Morgan fingerprint density at radius 2 is 2.03 bits per heavy atom. The molecule has 0 radical (unpaired) electrons. The van der Waals surface area contributed by atoms with Crippen LogP contribution in [0.3, 0.4) is 0 Å². The lowest BCUT2D eigenvalue weighted by molar-refractivity contribution is -0.466. The average Bonchev–Trinajstić information content (AvgIpc) is 3.18. The van der Waals surface area contributed by atoms with E-state index in [9.17, 15) is 0 Å². The maximum absolute atomic E-state index is 6.15. The van der Waals surface area contributed by atoms with E-state index in [1.807, 2.05) is 18.3 Å². The minimum Gasteiger partial charge on any atom is -0.371 e. The standard InChI is InChI=1S/C24H25ClN2O3/c1-28-24-17-3-2-16(12-17)13-18(24)15-23(29-30-24)7-10-27(11-8-23)22-6-9-26-21-14-19(25)4-5-20(21)22/h2-6,9,14-17H,7-8,10-13H2,1H3/t16-,17+,24+/m1/s1. The van der Waals surface area contributed by atoms with E-state index in [1.54, 1.807) is 7.11 Å². The zero-order valence-corrected chi connectivity index (χ0v) is 17.8. The number of benzene rings is 1. The number of anilines is 1. The Morgan fingerprint density at radius 3 is 2.87 bits per heavy atom. The van der Waals surface area contributed by atoms with Crippen LogP contribution in [0.2, 0.25) is 5.02 Å². The average molecular weight is 425 g/mol. The molecule has 2 fully saturated rings. The highest BCUT2D eigenvalue weighted by atomic mass is 35.5. The van der Waals surface area contributed by atoms with Crippen LogP contribution in [0.4, 0.5) is 5.69 Å². The van der Waals surface area contributed by atoms with Gasteiger partial charge in [0.25, 0.3) is 0 Å². The van der Waals surface area contributed by atoms with Crippen LogP contribution in [0.1, 0.15) is 25.7 Å². The zero-order chi connectivity index (χ0) is 20.3. The molecule has 6 rings (SSSR count). The van der Waals surface area contributed by atoms with Crippen LogP contribution in [0.5, 0.6) is 0 Å². The first-order valence-electron chi connectivity index (χ1n) is 10.7. The number of halogens is 1. The number of ether oxygens (including phenoxy) is 1. The van der Waals surface area contributed by atoms with E-state index in [1.165, 1.54) is 11.3 Å². The second-order valence-corrected chi connectivity index (χ2v) is 9.38. The van der Waals surface area contributed by atoms with Gasteiger partial charge >= 0.3 is 0 Å². The van der Waals surface area contributed by atoms with Gasteiger partial charge < -0.3 is 9.64 Å². The molecule has 1 saturated heterocycles. The molecule has 2 bridgehead atoms. The van der Waals surface area contributed by atoms with Gasteiger partial charge in [0.2, 0.25) is 5.79 Å². The second-order valence-electron chi connectivity index (χ2n) is 8.94. The number of hydrogen-bond acceptors (Lipinski definition) is 5. The van der Waals surface area contributed by atoms with Gasteiger partial charge in [-0.3, -0.25) is 4.98 Å². The highest BCUT2D eigenvalue weighted by molar-refractivity contribution is 6.31. The van der Waals surface area contributed by atoms with Gasteiger partial charge in [-0.1, -0.05) is 23.8 Å². The number of pyridine rings is 1. The molecule has 4 aliphatic rings. The molecule has 1 aromatic carbocycles. The summed E-state index contributed by atoms with van der Waals surface area (Å²) in [5, 5.41) is 1.84. The lowest BCUT2D eigenvalue weighted by atomic mass is 9.75. The molecule has 1 aromatic heterocycles. The molecule has 2 aliphatic heterocycles. The van der Waals surface area contributed by atoms with Crippen LogP contribution in [-0.4, -0.2) is 36.6 Å². The van der Waals surface area contributed by atoms with Crippen molar-refractivity contribution < 1.29 is 14.5 Å². The monoisotopic (exact) mass is 424 g/mol. The Bertz CT molecular complexity index is 1060. The number of hydrogen-bond donors (Lipinski definition) is 0. The molecular weight excluding hydrogens is 400 g/mol. The quantitative estimate of drug-likeness (QED) is 0.498. The van der Waals surface area contributed by atoms with Gasteiger partial charge in [0.1, 0.15) is 5.60 Å². The number of methoxy groups -OCH3 is 1. The van der Waals surface area contributed by atoms with E-state index in [0.717, 1.165) is 49.7 Å². The van der Waals surface area contributed by atoms with Gasteiger partial charge in [0.05, 0.1) is 5.52 Å². The topological polar surface area (TPSA) is 43.8 Å². The first-order chi connectivity index (χ1) is 14.6. The third-order valence-corrected chi connectivity index (χ3v) is 7.53. The fourth-order valence-corrected chi connectivity index (χ4v) is 5.85. The van der Waals surface area contributed by atoms with Gasteiger partial charge in [-0.15, -0.1) is 0 Å². The number of aromatic nitrogens is 1. The number of allylic oxidation sites excluding steroid dienone is 1. The van der Waals surface area contributed by atoms with Crippen LogP contribution < -0.4 is 4.90 Å². The minimum atomic E-state index is -0.744. The van der Waals surface area contributed by atoms with E-state index in [0.29, 0.717) is 10.9 Å². The summed E-state index contributed by atoms with van der Waals surface area (Å²) in [6.07, 6.45) is 12.5. The first kappa shape index (κ1) is 18.8. The van der Waals surface area contributed by atoms with Crippen molar-refractivity contribution in [2.24, 2.45) is 11.8 Å². The summed E-state index contributed by atoms with van der Waals surface area (Å²) in [7, 11) is 1.73. The summed E-state index contributed by atoms with van der Waals surface area (Å²) >= 11 is 6.15. The molecule has 3 heterocycles. The minimum absolute atomic E-state index is 0.236. The number of rotatable bonds is 2. The summed E-state index contributed by atoms with van der Waals surface area (Å²) in [6.45, 7) is 1.78. The molecule has 1 saturated carbocycles. The molecule has 156 valence electrons. The van der Waals surface area contributed by atoms with Crippen LogP contribution in [0.25, 0.3) is 10.9 Å². The molecule has 6 heteroatoms. The molecule has 30 heavy (non-hydrogen) atoms. The Kier molecular flexibility index (Phi) is 4.26. The molecular formula is C24H25ClN2O3. The van der Waals surface area contributed by atoms with Crippen molar-refractivity contribution in [2.45, 2.75) is 37.1 Å². The molecule has 0 unspecified atom stereocenters. The van der Waals surface area contributed by atoms with Crippen LogP contribution in [-0.2, 0) is 14.5 Å². The van der Waals surface area contributed by atoms with E-state index in [2.05, 4.69) is 40.2 Å². The molecule has 0 N–H and O–H groups in total. The highest BCUT2D eigenvalue weighted by Gasteiger charge is 2.55.